The topological polar surface area (TPSA) is 56.8 Å². The van der Waals surface area contributed by atoms with Crippen molar-refractivity contribution >= 4 is 34.1 Å². The van der Waals surface area contributed by atoms with Crippen molar-refractivity contribution in [2.24, 2.45) is 10.7 Å². The number of hydrogen-bond acceptors (Lipinski definition) is 5. The standard InChI is InChI=1S/C21H22ClF2NO2S.C4H7N/c1-12(2)21(15-7-6-14(22)10-18(15)26-4)25-19(28-5)11-27-17-9-8-16(23)13(3)20(17)24;5-3-4-1-2-4/h6-10H,11H2,1-5H3;3H,1-2,5H2. The maximum absolute atomic E-state index is 14.2. The zero-order valence-corrected chi connectivity index (χ0v) is 21.0. The van der Waals surface area contributed by atoms with E-state index in [9.17, 15) is 8.78 Å². The molecule has 0 heterocycles. The summed E-state index contributed by atoms with van der Waals surface area (Å²) in [6.07, 6.45) is 6.04. The molecule has 0 saturated heterocycles. The van der Waals surface area contributed by atoms with Gasteiger partial charge in [0.2, 0.25) is 0 Å². The monoisotopic (exact) mass is 494 g/mol. The lowest BCUT2D eigenvalue weighted by Gasteiger charge is -2.14. The molecule has 1 saturated carbocycles. The summed E-state index contributed by atoms with van der Waals surface area (Å²) in [5, 5.41) is 1.20. The molecule has 2 aromatic carbocycles. The van der Waals surface area contributed by atoms with Gasteiger partial charge in [0.15, 0.2) is 11.6 Å². The predicted octanol–water partition coefficient (Wildman–Crippen LogP) is 7.15. The molecule has 0 unspecified atom stereocenters. The van der Waals surface area contributed by atoms with E-state index in [1.54, 1.807) is 25.4 Å². The fourth-order valence-electron chi connectivity index (χ4n) is 2.69. The van der Waals surface area contributed by atoms with Gasteiger partial charge in [-0.1, -0.05) is 17.2 Å². The average molecular weight is 495 g/mol. The van der Waals surface area contributed by atoms with Crippen molar-refractivity contribution in [3.05, 3.63) is 75.5 Å². The molecule has 4 nitrogen and oxygen atoms in total. The molecule has 2 N–H and O–H groups in total. The van der Waals surface area contributed by atoms with E-state index in [0.717, 1.165) is 16.8 Å². The van der Waals surface area contributed by atoms with Crippen LogP contribution < -0.4 is 15.2 Å². The molecule has 0 bridgehead atoms. The van der Waals surface area contributed by atoms with Gasteiger partial charge in [-0.25, -0.2) is 13.8 Å². The lowest BCUT2D eigenvalue weighted by Crippen LogP contribution is -2.10. The van der Waals surface area contributed by atoms with Crippen LogP contribution in [0.25, 0.3) is 5.70 Å². The summed E-state index contributed by atoms with van der Waals surface area (Å²) in [6.45, 7) is 5.30. The molecule has 0 amide bonds. The van der Waals surface area contributed by atoms with Crippen molar-refractivity contribution < 1.29 is 18.3 Å². The molecule has 1 aliphatic carbocycles. The molecule has 178 valence electrons. The smallest absolute Gasteiger partial charge is 0.170 e. The van der Waals surface area contributed by atoms with Crippen LogP contribution in [0.3, 0.4) is 0 Å². The van der Waals surface area contributed by atoms with E-state index in [1.165, 1.54) is 49.2 Å². The molecular formula is C25H29ClF2N2O2S. The highest BCUT2D eigenvalue weighted by Gasteiger charge is 2.14. The number of nitrogens with two attached hydrogens (primary N) is 1. The number of benzene rings is 2. The van der Waals surface area contributed by atoms with Crippen molar-refractivity contribution in [2.75, 3.05) is 20.0 Å². The first-order chi connectivity index (χ1) is 15.7. The van der Waals surface area contributed by atoms with E-state index >= 15 is 0 Å². The molecule has 33 heavy (non-hydrogen) atoms. The summed E-state index contributed by atoms with van der Waals surface area (Å²) in [4.78, 5) is 4.70. The van der Waals surface area contributed by atoms with E-state index in [4.69, 9.17) is 31.8 Å². The van der Waals surface area contributed by atoms with Gasteiger partial charge in [-0.05, 0) is 82.0 Å². The summed E-state index contributed by atoms with van der Waals surface area (Å²) >= 11 is 7.44. The minimum Gasteiger partial charge on any atom is -0.496 e. The van der Waals surface area contributed by atoms with Gasteiger partial charge >= 0.3 is 0 Å². The maximum Gasteiger partial charge on any atom is 0.170 e. The third-order valence-electron chi connectivity index (χ3n) is 4.77. The van der Waals surface area contributed by atoms with Crippen molar-refractivity contribution in [1.29, 1.82) is 0 Å². The molecule has 0 atom stereocenters. The second kappa shape index (κ2) is 12.7. The van der Waals surface area contributed by atoms with Gasteiger partial charge in [-0.15, -0.1) is 11.8 Å². The number of allylic oxidation sites excluding steroid dienone is 2. The number of thioether (sulfide) groups is 1. The average Bonchev–Trinajstić information content (AvgIpc) is 3.64. The predicted molar refractivity (Wildman–Crippen MR) is 135 cm³/mol. The Bertz CT molecular complexity index is 1070. The van der Waals surface area contributed by atoms with Crippen LogP contribution in [0, 0.1) is 18.6 Å². The van der Waals surface area contributed by atoms with E-state index in [-0.39, 0.29) is 17.9 Å². The Morgan fingerprint density at radius 3 is 2.39 bits per heavy atom. The Kier molecular flexibility index (Phi) is 10.3. The number of ether oxygens (including phenoxy) is 2. The highest BCUT2D eigenvalue weighted by atomic mass is 35.5. The summed E-state index contributed by atoms with van der Waals surface area (Å²) in [5.41, 5.74) is 8.89. The number of hydrogen-bond donors (Lipinski definition) is 1. The van der Waals surface area contributed by atoms with Crippen molar-refractivity contribution in [3.8, 4) is 11.5 Å². The fourth-order valence-corrected chi connectivity index (χ4v) is 3.21. The van der Waals surface area contributed by atoms with Gasteiger partial charge in [-0.2, -0.15) is 0 Å². The van der Waals surface area contributed by atoms with E-state index in [1.807, 2.05) is 26.2 Å². The number of halogens is 3. The lowest BCUT2D eigenvalue weighted by molar-refractivity contribution is 0.352. The fraction of sp³-hybridized carbons (Fsp3) is 0.320. The molecule has 0 radical (unpaired) electrons. The molecule has 0 aromatic heterocycles. The summed E-state index contributed by atoms with van der Waals surface area (Å²) in [6, 6.07) is 7.79. The Morgan fingerprint density at radius 2 is 1.88 bits per heavy atom. The molecule has 0 aliphatic heterocycles. The van der Waals surface area contributed by atoms with E-state index in [0.29, 0.717) is 15.8 Å². The largest absolute Gasteiger partial charge is 0.496 e. The first kappa shape index (κ1) is 26.7. The van der Waals surface area contributed by atoms with Crippen LogP contribution in [0.15, 0.2) is 52.7 Å². The van der Waals surface area contributed by atoms with Gasteiger partial charge in [0.05, 0.1) is 12.8 Å². The Labute approximate surface area is 203 Å². The van der Waals surface area contributed by atoms with Crippen LogP contribution in [0.4, 0.5) is 8.78 Å². The number of methoxy groups -OCH3 is 1. The Hall–Kier alpha value is -2.51. The van der Waals surface area contributed by atoms with Gasteiger partial charge in [0.1, 0.15) is 23.2 Å². The molecular weight excluding hydrogens is 466 g/mol. The highest BCUT2D eigenvalue weighted by Crippen LogP contribution is 2.32. The van der Waals surface area contributed by atoms with Gasteiger partial charge in [0.25, 0.3) is 0 Å². The van der Waals surface area contributed by atoms with Gasteiger partial charge in [0, 0.05) is 16.1 Å². The third-order valence-corrected chi connectivity index (χ3v) is 5.69. The van der Waals surface area contributed by atoms with Crippen LogP contribution in [0.1, 0.15) is 37.8 Å². The molecule has 2 aromatic rings. The van der Waals surface area contributed by atoms with Crippen molar-refractivity contribution in [2.45, 2.75) is 33.6 Å². The quantitative estimate of drug-likeness (QED) is 0.342. The maximum atomic E-state index is 14.2. The van der Waals surface area contributed by atoms with E-state index < -0.39 is 11.6 Å². The molecule has 1 aliphatic rings. The van der Waals surface area contributed by atoms with Crippen molar-refractivity contribution in [1.82, 2.24) is 0 Å². The SMILES string of the molecule is COc1cc(Cl)ccc1C(N=C(COc1ccc(F)c(C)c1F)SC)=C(C)C.NC=C1CC1. The zero-order chi connectivity index (χ0) is 24.5. The number of aliphatic imine (C=N–C) groups is 1. The normalized spacial score (nSPS) is 12.5. The van der Waals surface area contributed by atoms with Crippen LogP contribution in [0.2, 0.25) is 5.02 Å². The lowest BCUT2D eigenvalue weighted by atomic mass is 10.1. The number of rotatable bonds is 6. The third kappa shape index (κ3) is 7.79. The van der Waals surface area contributed by atoms with Gasteiger partial charge < -0.3 is 15.2 Å². The highest BCUT2D eigenvalue weighted by molar-refractivity contribution is 8.13. The van der Waals surface area contributed by atoms with Gasteiger partial charge in [-0.3, -0.25) is 0 Å². The van der Waals surface area contributed by atoms with E-state index in [2.05, 4.69) is 0 Å². The van der Waals surface area contributed by atoms with Crippen LogP contribution >= 0.6 is 23.4 Å². The minimum atomic E-state index is -0.706. The van der Waals surface area contributed by atoms with Crippen molar-refractivity contribution in [3.63, 3.8) is 0 Å². The summed E-state index contributed by atoms with van der Waals surface area (Å²) < 4.78 is 38.6. The summed E-state index contributed by atoms with van der Waals surface area (Å²) in [5.74, 6) is -0.718. The van der Waals surface area contributed by atoms with Crippen LogP contribution in [-0.2, 0) is 0 Å². The molecule has 1 fully saturated rings. The van der Waals surface area contributed by atoms with Crippen LogP contribution in [-0.4, -0.2) is 25.0 Å². The minimum absolute atomic E-state index is 0.0107. The first-order valence-electron chi connectivity index (χ1n) is 10.3. The zero-order valence-electron chi connectivity index (χ0n) is 19.5. The molecule has 8 heteroatoms. The number of nitrogens with zero attached hydrogens (tertiary/aromatic N) is 1. The first-order valence-corrected chi connectivity index (χ1v) is 11.9. The molecule has 3 rings (SSSR count). The Balaban J connectivity index is 0.000000678. The molecule has 0 spiro atoms. The second-order valence-corrected chi connectivity index (χ2v) is 8.82. The Morgan fingerprint density at radius 1 is 1.18 bits per heavy atom. The van der Waals surface area contributed by atoms with Crippen LogP contribution in [0.5, 0.6) is 11.5 Å². The summed E-state index contributed by atoms with van der Waals surface area (Å²) in [7, 11) is 1.57. The second-order valence-electron chi connectivity index (χ2n) is 7.50.